The number of anilines is 3. The third-order valence-electron chi connectivity index (χ3n) is 5.08. The summed E-state index contributed by atoms with van der Waals surface area (Å²) in [6.45, 7) is 6.16. The number of nitrogens with zero attached hydrogens (tertiary/aromatic N) is 3. The zero-order chi connectivity index (χ0) is 21.3. The fraction of sp³-hybridized carbons (Fsp3) is 0.273. The fourth-order valence-corrected chi connectivity index (χ4v) is 4.29. The number of amides is 2. The van der Waals surface area contributed by atoms with Crippen molar-refractivity contribution >= 4 is 40.4 Å². The van der Waals surface area contributed by atoms with Crippen LogP contribution < -0.4 is 15.5 Å². The van der Waals surface area contributed by atoms with E-state index in [1.807, 2.05) is 50.2 Å². The molecule has 1 aliphatic rings. The van der Waals surface area contributed by atoms with Gasteiger partial charge >= 0.3 is 0 Å². The van der Waals surface area contributed by atoms with Crippen molar-refractivity contribution in [2.75, 3.05) is 28.6 Å². The summed E-state index contributed by atoms with van der Waals surface area (Å²) in [6, 6.07) is 11.7. The van der Waals surface area contributed by atoms with E-state index in [1.165, 1.54) is 18.5 Å². The summed E-state index contributed by atoms with van der Waals surface area (Å²) in [5.74, 6) is 0.632. The monoisotopic (exact) mass is 421 g/mol. The van der Waals surface area contributed by atoms with E-state index in [4.69, 9.17) is 0 Å². The van der Waals surface area contributed by atoms with Gasteiger partial charge in [-0.15, -0.1) is 0 Å². The molecule has 1 aliphatic heterocycles. The topological polar surface area (TPSA) is 87.2 Å². The summed E-state index contributed by atoms with van der Waals surface area (Å²) >= 11 is 1.37. The first kappa shape index (κ1) is 20.0. The Morgan fingerprint density at radius 1 is 1.17 bits per heavy atom. The number of aryl methyl sites for hydroxylation is 2. The van der Waals surface area contributed by atoms with Crippen LogP contribution in [0.1, 0.15) is 23.9 Å². The molecule has 2 heterocycles. The molecule has 4 rings (SSSR count). The molecule has 0 atom stereocenters. The Kier molecular flexibility index (Phi) is 5.50. The highest BCUT2D eigenvalue weighted by Gasteiger charge is 2.26. The standard InChI is InChI=1S/C22H23N5O2S/c1-13-7-8-16(22-24-14(2)26-30-22)11-19(13)23-12-21(29)27-10-9-17-18(25-15(3)28)5-4-6-20(17)27/h4-8,11,23H,9-10,12H2,1-3H3,(H,25,28). The minimum absolute atomic E-state index is 0.00899. The van der Waals surface area contributed by atoms with Crippen molar-refractivity contribution in [2.24, 2.45) is 0 Å². The molecular weight excluding hydrogens is 398 g/mol. The number of hydrogen-bond donors (Lipinski definition) is 2. The number of fused-ring (bicyclic) bond motifs is 1. The molecule has 2 N–H and O–H groups in total. The molecule has 1 aromatic heterocycles. The van der Waals surface area contributed by atoms with Crippen LogP contribution in [0.4, 0.5) is 17.1 Å². The van der Waals surface area contributed by atoms with E-state index in [2.05, 4.69) is 20.0 Å². The summed E-state index contributed by atoms with van der Waals surface area (Å²) in [6.07, 6.45) is 0.725. The lowest BCUT2D eigenvalue weighted by atomic mass is 10.1. The molecule has 0 saturated carbocycles. The molecule has 0 aliphatic carbocycles. The smallest absolute Gasteiger partial charge is 0.246 e. The van der Waals surface area contributed by atoms with Crippen LogP contribution in [0.3, 0.4) is 0 Å². The first-order valence-corrected chi connectivity index (χ1v) is 10.5. The average Bonchev–Trinajstić information content (AvgIpc) is 3.34. The first-order chi connectivity index (χ1) is 14.4. The van der Waals surface area contributed by atoms with Crippen LogP contribution in [0.15, 0.2) is 36.4 Å². The predicted octanol–water partition coefficient (Wildman–Crippen LogP) is 3.78. The highest BCUT2D eigenvalue weighted by molar-refractivity contribution is 7.09. The molecule has 3 aromatic rings. The predicted molar refractivity (Wildman–Crippen MR) is 120 cm³/mol. The van der Waals surface area contributed by atoms with Gasteiger partial charge in [-0.25, -0.2) is 4.98 Å². The Morgan fingerprint density at radius 3 is 2.73 bits per heavy atom. The molecule has 0 fully saturated rings. The van der Waals surface area contributed by atoms with E-state index < -0.39 is 0 Å². The molecule has 7 nitrogen and oxygen atoms in total. The second-order valence-electron chi connectivity index (χ2n) is 7.31. The maximum absolute atomic E-state index is 12.9. The van der Waals surface area contributed by atoms with Gasteiger partial charge in [0.15, 0.2) is 0 Å². The van der Waals surface area contributed by atoms with Crippen LogP contribution in [-0.4, -0.2) is 34.3 Å². The lowest BCUT2D eigenvalue weighted by Gasteiger charge is -2.19. The number of rotatable bonds is 5. The van der Waals surface area contributed by atoms with E-state index in [9.17, 15) is 9.59 Å². The van der Waals surface area contributed by atoms with E-state index in [0.717, 1.165) is 51.0 Å². The number of carbonyl (C=O) groups excluding carboxylic acids is 2. The number of aromatic nitrogens is 2. The van der Waals surface area contributed by atoms with Gasteiger partial charge in [-0.1, -0.05) is 18.2 Å². The molecular formula is C22H23N5O2S. The third kappa shape index (κ3) is 4.04. The van der Waals surface area contributed by atoms with Crippen LogP contribution in [0.25, 0.3) is 10.6 Å². The third-order valence-corrected chi connectivity index (χ3v) is 5.94. The number of hydrogen-bond acceptors (Lipinski definition) is 6. The van der Waals surface area contributed by atoms with Gasteiger partial charge in [0.1, 0.15) is 10.8 Å². The van der Waals surface area contributed by atoms with Crippen molar-refractivity contribution in [3.05, 3.63) is 53.3 Å². The van der Waals surface area contributed by atoms with Crippen LogP contribution in [-0.2, 0) is 16.0 Å². The maximum atomic E-state index is 12.9. The number of nitrogens with one attached hydrogen (secondary N) is 2. The van der Waals surface area contributed by atoms with Gasteiger partial charge in [0, 0.05) is 41.7 Å². The summed E-state index contributed by atoms with van der Waals surface area (Å²) in [5.41, 5.74) is 5.59. The molecule has 2 aromatic carbocycles. The van der Waals surface area contributed by atoms with Crippen LogP contribution in [0, 0.1) is 13.8 Å². The first-order valence-electron chi connectivity index (χ1n) is 9.77. The van der Waals surface area contributed by atoms with Gasteiger partial charge in [-0.3, -0.25) is 9.59 Å². The summed E-state index contributed by atoms with van der Waals surface area (Å²) in [5, 5.41) is 6.99. The Balaban J connectivity index is 1.49. The van der Waals surface area contributed by atoms with Gasteiger partial charge in [0.25, 0.3) is 0 Å². The molecule has 8 heteroatoms. The number of benzene rings is 2. The van der Waals surface area contributed by atoms with Gasteiger partial charge in [0.2, 0.25) is 11.8 Å². The maximum Gasteiger partial charge on any atom is 0.246 e. The van der Waals surface area contributed by atoms with Crippen molar-refractivity contribution in [2.45, 2.75) is 27.2 Å². The summed E-state index contributed by atoms with van der Waals surface area (Å²) in [4.78, 5) is 30.6. The normalized spacial score (nSPS) is 12.6. The molecule has 0 spiro atoms. The van der Waals surface area contributed by atoms with Crippen LogP contribution in [0.5, 0.6) is 0 Å². The molecule has 30 heavy (non-hydrogen) atoms. The second kappa shape index (κ2) is 8.23. The highest BCUT2D eigenvalue weighted by Crippen LogP contribution is 2.34. The van der Waals surface area contributed by atoms with Gasteiger partial charge in [0.05, 0.1) is 6.54 Å². The Morgan fingerprint density at radius 2 is 2.00 bits per heavy atom. The minimum Gasteiger partial charge on any atom is -0.376 e. The Bertz CT molecular complexity index is 1120. The Hall–Kier alpha value is -3.26. The number of carbonyl (C=O) groups is 2. The molecule has 0 radical (unpaired) electrons. The van der Waals surface area contributed by atoms with Crippen molar-refractivity contribution in [1.82, 2.24) is 9.36 Å². The quantitative estimate of drug-likeness (QED) is 0.655. The largest absolute Gasteiger partial charge is 0.376 e. The Labute approximate surface area is 179 Å². The molecule has 0 unspecified atom stereocenters. The molecule has 0 saturated heterocycles. The van der Waals surface area contributed by atoms with Gasteiger partial charge < -0.3 is 15.5 Å². The van der Waals surface area contributed by atoms with Crippen molar-refractivity contribution < 1.29 is 9.59 Å². The van der Waals surface area contributed by atoms with Crippen molar-refractivity contribution in [3.8, 4) is 10.6 Å². The molecule has 2 amide bonds. The highest BCUT2D eigenvalue weighted by atomic mass is 32.1. The lowest BCUT2D eigenvalue weighted by molar-refractivity contribution is -0.117. The summed E-state index contributed by atoms with van der Waals surface area (Å²) < 4.78 is 4.24. The SMILES string of the molecule is CC(=O)Nc1cccc2c1CCN2C(=O)CNc1cc(-c2nc(C)ns2)ccc1C. The van der Waals surface area contributed by atoms with Gasteiger partial charge in [-0.2, -0.15) is 4.37 Å². The summed E-state index contributed by atoms with van der Waals surface area (Å²) in [7, 11) is 0. The minimum atomic E-state index is -0.115. The zero-order valence-corrected chi connectivity index (χ0v) is 18.0. The second-order valence-corrected chi connectivity index (χ2v) is 8.06. The van der Waals surface area contributed by atoms with E-state index in [0.29, 0.717) is 6.54 Å². The van der Waals surface area contributed by atoms with E-state index in [-0.39, 0.29) is 18.4 Å². The zero-order valence-electron chi connectivity index (χ0n) is 17.2. The molecule has 154 valence electrons. The van der Waals surface area contributed by atoms with E-state index >= 15 is 0 Å². The van der Waals surface area contributed by atoms with Gasteiger partial charge in [-0.05, 0) is 55.6 Å². The average molecular weight is 422 g/mol. The van der Waals surface area contributed by atoms with Crippen molar-refractivity contribution in [1.29, 1.82) is 0 Å². The van der Waals surface area contributed by atoms with E-state index in [1.54, 1.807) is 4.90 Å². The van der Waals surface area contributed by atoms with Crippen molar-refractivity contribution in [3.63, 3.8) is 0 Å². The molecule has 0 bridgehead atoms. The van der Waals surface area contributed by atoms with Crippen LogP contribution >= 0.6 is 11.5 Å². The van der Waals surface area contributed by atoms with Crippen LogP contribution in [0.2, 0.25) is 0 Å². The fourth-order valence-electron chi connectivity index (χ4n) is 3.63. The lowest BCUT2D eigenvalue weighted by Crippen LogP contribution is -2.34.